The predicted octanol–water partition coefficient (Wildman–Crippen LogP) is 6.48. The number of nitrogens with zero attached hydrogens (tertiary/aromatic N) is 1. The second-order valence-corrected chi connectivity index (χ2v) is 11.4. The van der Waals surface area contributed by atoms with Gasteiger partial charge < -0.3 is 4.74 Å². The van der Waals surface area contributed by atoms with Crippen molar-refractivity contribution in [2.75, 3.05) is 6.61 Å². The van der Waals surface area contributed by atoms with Crippen molar-refractivity contribution in [1.29, 1.82) is 0 Å². The van der Waals surface area contributed by atoms with Crippen LogP contribution in [0.3, 0.4) is 0 Å². The fraction of sp³-hybridized carbons (Fsp3) is 0.704. The Morgan fingerprint density at radius 1 is 1.06 bits per heavy atom. The highest BCUT2D eigenvalue weighted by atomic mass is 16.5. The number of hydrogen-bond acceptors (Lipinski definition) is 3. The molecule has 31 heavy (non-hydrogen) atoms. The van der Waals surface area contributed by atoms with Crippen molar-refractivity contribution in [2.24, 2.45) is 27.3 Å². The molecule has 2 atom stereocenters. The average molecular weight is 425 g/mol. The van der Waals surface area contributed by atoms with Crippen molar-refractivity contribution in [3.8, 4) is 5.75 Å². The number of nitrogens with one attached hydrogen (secondary N) is 1. The molecule has 2 unspecified atom stereocenters. The number of carbonyl (C=O) groups excluding carboxylic acids is 1. The minimum absolute atomic E-state index is 0.125. The van der Waals surface area contributed by atoms with E-state index >= 15 is 0 Å². The number of ether oxygens (including phenoxy) is 1. The van der Waals surface area contributed by atoms with Crippen LogP contribution in [0.1, 0.15) is 97.0 Å². The van der Waals surface area contributed by atoms with E-state index in [0.717, 1.165) is 43.6 Å². The van der Waals surface area contributed by atoms with Crippen LogP contribution in [0.15, 0.2) is 29.4 Å². The lowest BCUT2D eigenvalue weighted by Gasteiger charge is -2.64. The van der Waals surface area contributed by atoms with E-state index in [-0.39, 0.29) is 11.3 Å². The Kier molecular flexibility index (Phi) is 6.46. The van der Waals surface area contributed by atoms with Crippen molar-refractivity contribution in [3.63, 3.8) is 0 Å². The third kappa shape index (κ3) is 4.99. The molecule has 1 N–H and O–H groups in total. The molecule has 1 aromatic rings. The van der Waals surface area contributed by atoms with E-state index < -0.39 is 0 Å². The quantitative estimate of drug-likeness (QED) is 0.265. The third-order valence-corrected chi connectivity index (χ3v) is 7.90. The standard InChI is InChI=1S/C27H40N2O2/c1-4-5-6-7-10-13-31-23-12-9-8-11-22(23)17-28-29-24(30)27-16-21-14-25(2,19-27)18-26(3,15-21)20-27/h8-9,11-12,17,21H,4-7,10,13-16,18-20H2,1-3H3,(H,29,30)/b28-17+. The highest BCUT2D eigenvalue weighted by Gasteiger charge is 2.62. The molecule has 4 aliphatic rings. The molecule has 0 heterocycles. The Bertz CT molecular complexity index is 799. The Morgan fingerprint density at radius 2 is 1.77 bits per heavy atom. The van der Waals surface area contributed by atoms with Crippen LogP contribution in [-0.4, -0.2) is 18.7 Å². The fourth-order valence-electron chi connectivity index (χ4n) is 7.59. The average Bonchev–Trinajstić information content (AvgIpc) is 2.69. The molecular formula is C27H40N2O2. The number of rotatable bonds is 10. The summed E-state index contributed by atoms with van der Waals surface area (Å²) in [7, 11) is 0. The van der Waals surface area contributed by atoms with Crippen LogP contribution in [0.2, 0.25) is 0 Å². The fourth-order valence-corrected chi connectivity index (χ4v) is 7.59. The summed E-state index contributed by atoms with van der Waals surface area (Å²) in [6, 6.07) is 7.95. The molecule has 5 rings (SSSR count). The van der Waals surface area contributed by atoms with Gasteiger partial charge in [-0.15, -0.1) is 0 Å². The van der Waals surface area contributed by atoms with Crippen LogP contribution in [0.5, 0.6) is 5.75 Å². The highest BCUT2D eigenvalue weighted by Crippen LogP contribution is 2.69. The Balaban J connectivity index is 1.35. The molecule has 4 bridgehead atoms. The highest BCUT2D eigenvalue weighted by molar-refractivity contribution is 5.87. The zero-order chi connectivity index (χ0) is 22.0. The summed E-state index contributed by atoms with van der Waals surface area (Å²) in [5, 5.41) is 4.37. The molecule has 4 heteroatoms. The maximum Gasteiger partial charge on any atom is 0.246 e. The summed E-state index contributed by atoms with van der Waals surface area (Å²) in [5.74, 6) is 1.66. The molecule has 0 saturated heterocycles. The van der Waals surface area contributed by atoms with Gasteiger partial charge in [0.2, 0.25) is 5.91 Å². The molecule has 4 aliphatic carbocycles. The van der Waals surface area contributed by atoms with Gasteiger partial charge >= 0.3 is 0 Å². The number of hydrazone groups is 1. The van der Waals surface area contributed by atoms with Gasteiger partial charge in [-0.3, -0.25) is 4.79 Å². The second kappa shape index (κ2) is 8.96. The molecular weight excluding hydrogens is 384 g/mol. The van der Waals surface area contributed by atoms with E-state index in [9.17, 15) is 4.79 Å². The Hall–Kier alpha value is -1.84. The minimum atomic E-state index is -0.227. The van der Waals surface area contributed by atoms with Gasteiger partial charge in [-0.05, 0) is 73.8 Å². The SMILES string of the molecule is CCCCCCCOc1ccccc1/C=N/NC(=O)C12CC3CC(C)(CC(C)(C3)C1)C2. The van der Waals surface area contributed by atoms with Crippen LogP contribution >= 0.6 is 0 Å². The molecule has 1 amide bonds. The lowest BCUT2D eigenvalue weighted by atomic mass is 9.40. The molecule has 4 nitrogen and oxygen atoms in total. The Labute approximate surface area is 188 Å². The van der Waals surface area contributed by atoms with Crippen molar-refractivity contribution in [2.45, 2.75) is 91.4 Å². The Morgan fingerprint density at radius 3 is 2.48 bits per heavy atom. The van der Waals surface area contributed by atoms with E-state index in [0.29, 0.717) is 16.7 Å². The van der Waals surface area contributed by atoms with Gasteiger partial charge in [0.15, 0.2) is 0 Å². The van der Waals surface area contributed by atoms with Crippen molar-refractivity contribution < 1.29 is 9.53 Å². The van der Waals surface area contributed by atoms with E-state index in [1.54, 1.807) is 6.21 Å². The molecule has 0 aromatic heterocycles. The van der Waals surface area contributed by atoms with E-state index in [2.05, 4.69) is 31.3 Å². The van der Waals surface area contributed by atoms with Gasteiger partial charge in [0.1, 0.15) is 5.75 Å². The van der Waals surface area contributed by atoms with Gasteiger partial charge in [0.05, 0.1) is 18.2 Å². The molecule has 4 saturated carbocycles. The molecule has 170 valence electrons. The van der Waals surface area contributed by atoms with Crippen LogP contribution in [-0.2, 0) is 4.79 Å². The monoisotopic (exact) mass is 424 g/mol. The topological polar surface area (TPSA) is 50.7 Å². The van der Waals surface area contributed by atoms with Crippen molar-refractivity contribution >= 4 is 12.1 Å². The summed E-state index contributed by atoms with van der Waals surface area (Å²) in [5.41, 5.74) is 4.26. The van der Waals surface area contributed by atoms with E-state index in [4.69, 9.17) is 4.74 Å². The normalized spacial score (nSPS) is 33.7. The summed E-state index contributed by atoms with van der Waals surface area (Å²) in [4.78, 5) is 13.3. The number of benzene rings is 1. The van der Waals surface area contributed by atoms with Crippen LogP contribution in [0.25, 0.3) is 0 Å². The molecule has 1 aromatic carbocycles. The smallest absolute Gasteiger partial charge is 0.246 e. The number of unbranched alkanes of at least 4 members (excludes halogenated alkanes) is 4. The number of amides is 1. The summed E-state index contributed by atoms with van der Waals surface area (Å²) in [6.07, 6.45) is 14.8. The maximum absolute atomic E-state index is 13.3. The van der Waals surface area contributed by atoms with Gasteiger partial charge in [0.25, 0.3) is 0 Å². The van der Waals surface area contributed by atoms with E-state index in [1.165, 1.54) is 44.9 Å². The number of carbonyl (C=O) groups is 1. The summed E-state index contributed by atoms with van der Waals surface area (Å²) >= 11 is 0. The molecule has 0 aliphatic heterocycles. The molecule has 0 radical (unpaired) electrons. The summed E-state index contributed by atoms with van der Waals surface area (Å²) in [6.45, 7) is 7.75. The third-order valence-electron chi connectivity index (χ3n) is 7.90. The van der Waals surface area contributed by atoms with Crippen molar-refractivity contribution in [3.05, 3.63) is 29.8 Å². The lowest BCUT2D eigenvalue weighted by molar-refractivity contribution is -0.170. The molecule has 4 fully saturated rings. The van der Waals surface area contributed by atoms with Crippen LogP contribution in [0, 0.1) is 22.2 Å². The first-order valence-corrected chi connectivity index (χ1v) is 12.4. The van der Waals surface area contributed by atoms with Gasteiger partial charge in [-0.2, -0.15) is 5.10 Å². The molecule has 0 spiro atoms. The summed E-state index contributed by atoms with van der Waals surface area (Å²) < 4.78 is 6.00. The first-order valence-electron chi connectivity index (χ1n) is 12.4. The number of para-hydroxylation sites is 1. The predicted molar refractivity (Wildman–Crippen MR) is 126 cm³/mol. The lowest BCUT2D eigenvalue weighted by Crippen LogP contribution is -2.59. The van der Waals surface area contributed by atoms with Crippen LogP contribution in [0.4, 0.5) is 0 Å². The zero-order valence-corrected chi connectivity index (χ0v) is 19.7. The second-order valence-electron chi connectivity index (χ2n) is 11.4. The minimum Gasteiger partial charge on any atom is -0.493 e. The van der Waals surface area contributed by atoms with Gasteiger partial charge in [-0.25, -0.2) is 5.43 Å². The van der Waals surface area contributed by atoms with E-state index in [1.807, 2.05) is 24.3 Å². The van der Waals surface area contributed by atoms with Crippen LogP contribution < -0.4 is 10.2 Å². The first kappa shape index (κ1) is 22.4. The maximum atomic E-state index is 13.3. The van der Waals surface area contributed by atoms with Crippen molar-refractivity contribution in [1.82, 2.24) is 5.43 Å². The van der Waals surface area contributed by atoms with Gasteiger partial charge in [0, 0.05) is 5.56 Å². The number of hydrogen-bond donors (Lipinski definition) is 1. The largest absolute Gasteiger partial charge is 0.493 e. The zero-order valence-electron chi connectivity index (χ0n) is 19.7. The van der Waals surface area contributed by atoms with Gasteiger partial charge in [-0.1, -0.05) is 58.6 Å². The first-order chi connectivity index (χ1) is 14.9.